The predicted molar refractivity (Wildman–Crippen MR) is 80.7 cm³/mol. The van der Waals surface area contributed by atoms with Crippen molar-refractivity contribution < 1.29 is 8.98 Å². The van der Waals surface area contributed by atoms with E-state index < -0.39 is 0 Å². The largest absolute Gasteiger partial charge is 0.454 e. The SMILES string of the molecule is Cc1ccc2c(oc3cnccc32)c1-c1cncc[n+]1C. The van der Waals surface area contributed by atoms with Gasteiger partial charge in [-0.1, -0.05) is 12.1 Å². The Kier molecular flexibility index (Phi) is 2.51. The first-order valence-corrected chi connectivity index (χ1v) is 6.81. The van der Waals surface area contributed by atoms with Crippen LogP contribution >= 0.6 is 0 Å². The number of furan rings is 1. The van der Waals surface area contributed by atoms with Crippen LogP contribution in [0, 0.1) is 6.92 Å². The number of rotatable bonds is 1. The van der Waals surface area contributed by atoms with Crippen LogP contribution in [0.15, 0.2) is 53.6 Å². The van der Waals surface area contributed by atoms with Crippen molar-refractivity contribution >= 4 is 21.9 Å². The normalized spacial score (nSPS) is 11.3. The summed E-state index contributed by atoms with van der Waals surface area (Å²) in [6.45, 7) is 2.09. The highest BCUT2D eigenvalue weighted by molar-refractivity contribution is 6.09. The molecule has 0 radical (unpaired) electrons. The molecule has 0 unspecified atom stereocenters. The zero-order valence-corrected chi connectivity index (χ0v) is 11.9. The van der Waals surface area contributed by atoms with Gasteiger partial charge in [0.05, 0.1) is 24.2 Å². The molecule has 0 spiro atoms. The number of aryl methyl sites for hydroxylation is 2. The van der Waals surface area contributed by atoms with Crippen LogP contribution in [0.25, 0.3) is 33.2 Å². The second kappa shape index (κ2) is 4.38. The van der Waals surface area contributed by atoms with Crippen molar-refractivity contribution in [1.29, 1.82) is 0 Å². The minimum absolute atomic E-state index is 0.811. The molecule has 0 saturated heterocycles. The van der Waals surface area contributed by atoms with Crippen molar-refractivity contribution in [2.75, 3.05) is 0 Å². The van der Waals surface area contributed by atoms with E-state index >= 15 is 0 Å². The highest BCUT2D eigenvalue weighted by Crippen LogP contribution is 2.35. The standard InChI is InChI=1S/C17H14N3O/c1-11-3-4-13-12-5-6-18-10-15(12)21-17(13)16(11)14-9-19-7-8-20(14)2/h3-10H,1-2H3/q+1. The monoisotopic (exact) mass is 276 g/mol. The number of aromatic nitrogens is 3. The lowest BCUT2D eigenvalue weighted by Gasteiger charge is -2.04. The number of hydrogen-bond donors (Lipinski definition) is 0. The van der Waals surface area contributed by atoms with Crippen LogP contribution in [0.4, 0.5) is 0 Å². The maximum Gasteiger partial charge on any atom is 0.234 e. The average molecular weight is 276 g/mol. The van der Waals surface area contributed by atoms with Gasteiger partial charge in [-0.15, -0.1) is 0 Å². The fraction of sp³-hybridized carbons (Fsp3) is 0.118. The third-order valence-corrected chi connectivity index (χ3v) is 3.86. The van der Waals surface area contributed by atoms with E-state index in [1.165, 1.54) is 0 Å². The summed E-state index contributed by atoms with van der Waals surface area (Å²) in [5.41, 5.74) is 4.98. The zero-order chi connectivity index (χ0) is 14.4. The predicted octanol–water partition coefficient (Wildman–Crippen LogP) is 3.18. The number of pyridine rings is 1. The molecule has 0 saturated carbocycles. The van der Waals surface area contributed by atoms with Gasteiger partial charge in [0.2, 0.25) is 5.69 Å². The van der Waals surface area contributed by atoms with Gasteiger partial charge in [0.15, 0.2) is 11.8 Å². The summed E-state index contributed by atoms with van der Waals surface area (Å²) >= 11 is 0. The van der Waals surface area contributed by atoms with E-state index in [0.29, 0.717) is 0 Å². The fourth-order valence-electron chi connectivity index (χ4n) is 2.78. The van der Waals surface area contributed by atoms with Gasteiger partial charge in [-0.05, 0) is 18.6 Å². The van der Waals surface area contributed by atoms with Crippen LogP contribution in [-0.4, -0.2) is 9.97 Å². The summed E-state index contributed by atoms with van der Waals surface area (Å²) in [5.74, 6) is 0. The third-order valence-electron chi connectivity index (χ3n) is 3.86. The maximum absolute atomic E-state index is 6.07. The Hall–Kier alpha value is -2.75. The molecule has 3 aromatic heterocycles. The van der Waals surface area contributed by atoms with E-state index in [1.54, 1.807) is 18.6 Å². The minimum Gasteiger partial charge on any atom is -0.454 e. The Morgan fingerprint density at radius 3 is 2.71 bits per heavy atom. The Morgan fingerprint density at radius 1 is 1.00 bits per heavy atom. The highest BCUT2D eigenvalue weighted by atomic mass is 16.3. The molecular weight excluding hydrogens is 262 g/mol. The lowest BCUT2D eigenvalue weighted by molar-refractivity contribution is -0.660. The van der Waals surface area contributed by atoms with Gasteiger partial charge >= 0.3 is 0 Å². The lowest BCUT2D eigenvalue weighted by Crippen LogP contribution is -2.30. The van der Waals surface area contributed by atoms with Crippen molar-refractivity contribution in [3.63, 3.8) is 0 Å². The van der Waals surface area contributed by atoms with Crippen molar-refractivity contribution in [3.05, 3.63) is 54.7 Å². The maximum atomic E-state index is 6.07. The molecule has 0 aliphatic heterocycles. The first-order chi connectivity index (χ1) is 10.3. The van der Waals surface area contributed by atoms with Crippen LogP contribution in [0.1, 0.15) is 5.56 Å². The molecule has 1 aromatic carbocycles. The van der Waals surface area contributed by atoms with Gasteiger partial charge in [0.1, 0.15) is 12.6 Å². The van der Waals surface area contributed by atoms with Crippen LogP contribution in [0.2, 0.25) is 0 Å². The molecule has 0 aliphatic rings. The third kappa shape index (κ3) is 1.72. The number of benzene rings is 1. The molecule has 4 nitrogen and oxygen atoms in total. The Bertz CT molecular complexity index is 972. The molecule has 4 rings (SSSR count). The smallest absolute Gasteiger partial charge is 0.234 e. The quantitative estimate of drug-likeness (QED) is 0.501. The highest BCUT2D eigenvalue weighted by Gasteiger charge is 2.20. The second-order valence-corrected chi connectivity index (χ2v) is 5.18. The fourth-order valence-corrected chi connectivity index (χ4v) is 2.78. The van der Waals surface area contributed by atoms with E-state index in [9.17, 15) is 0 Å². The summed E-state index contributed by atoms with van der Waals surface area (Å²) in [6.07, 6.45) is 9.14. The van der Waals surface area contributed by atoms with Gasteiger partial charge in [-0.2, -0.15) is 4.57 Å². The molecule has 3 heterocycles. The molecular formula is C17H14N3O+. The lowest BCUT2D eigenvalue weighted by atomic mass is 10.0. The first kappa shape index (κ1) is 12.0. The van der Waals surface area contributed by atoms with Crippen LogP contribution in [0.3, 0.4) is 0 Å². The Morgan fingerprint density at radius 2 is 1.86 bits per heavy atom. The van der Waals surface area contributed by atoms with E-state index in [1.807, 2.05) is 25.5 Å². The summed E-state index contributed by atoms with van der Waals surface area (Å²) in [7, 11) is 2.01. The van der Waals surface area contributed by atoms with Crippen molar-refractivity contribution in [2.45, 2.75) is 6.92 Å². The summed E-state index contributed by atoms with van der Waals surface area (Å²) in [6, 6.07) is 6.22. The van der Waals surface area contributed by atoms with Crippen LogP contribution in [0.5, 0.6) is 0 Å². The van der Waals surface area contributed by atoms with Gasteiger partial charge in [-0.25, -0.2) is 0 Å². The molecule has 4 heteroatoms. The molecule has 0 atom stereocenters. The molecule has 0 N–H and O–H groups in total. The van der Waals surface area contributed by atoms with Crippen molar-refractivity contribution in [1.82, 2.24) is 9.97 Å². The number of fused-ring (bicyclic) bond motifs is 3. The summed E-state index contributed by atoms with van der Waals surface area (Å²) in [5, 5.41) is 2.20. The van der Waals surface area contributed by atoms with Crippen LogP contribution in [-0.2, 0) is 7.05 Å². The van der Waals surface area contributed by atoms with Gasteiger partial charge in [0, 0.05) is 17.0 Å². The molecule has 0 amide bonds. The van der Waals surface area contributed by atoms with E-state index in [0.717, 1.165) is 38.8 Å². The Labute approximate surface area is 121 Å². The molecule has 0 fully saturated rings. The Balaban J connectivity index is 2.18. The van der Waals surface area contributed by atoms with E-state index in [2.05, 4.69) is 33.6 Å². The molecule has 21 heavy (non-hydrogen) atoms. The van der Waals surface area contributed by atoms with E-state index in [-0.39, 0.29) is 0 Å². The first-order valence-electron chi connectivity index (χ1n) is 6.81. The molecule has 0 aliphatic carbocycles. The second-order valence-electron chi connectivity index (χ2n) is 5.18. The minimum atomic E-state index is 0.811. The summed E-state index contributed by atoms with van der Waals surface area (Å²) in [4.78, 5) is 8.39. The van der Waals surface area contributed by atoms with Crippen molar-refractivity contribution in [2.24, 2.45) is 7.05 Å². The van der Waals surface area contributed by atoms with Crippen LogP contribution < -0.4 is 4.57 Å². The van der Waals surface area contributed by atoms with E-state index in [4.69, 9.17) is 4.42 Å². The molecule has 102 valence electrons. The van der Waals surface area contributed by atoms with Crippen molar-refractivity contribution in [3.8, 4) is 11.3 Å². The van der Waals surface area contributed by atoms with Gasteiger partial charge in [-0.3, -0.25) is 9.97 Å². The number of nitrogens with zero attached hydrogens (tertiary/aromatic N) is 3. The van der Waals surface area contributed by atoms with Gasteiger partial charge < -0.3 is 4.42 Å². The molecule has 0 bridgehead atoms. The van der Waals surface area contributed by atoms with Gasteiger partial charge in [0.25, 0.3) is 0 Å². The topological polar surface area (TPSA) is 42.8 Å². The average Bonchev–Trinajstić information content (AvgIpc) is 2.87. The number of hydrogen-bond acceptors (Lipinski definition) is 3. The summed E-state index contributed by atoms with van der Waals surface area (Å²) < 4.78 is 8.13. The zero-order valence-electron chi connectivity index (χ0n) is 11.9. The molecule has 4 aromatic rings.